The second kappa shape index (κ2) is 5.44. The Balaban J connectivity index is 3.10. The number of halogens is 1. The molecule has 1 unspecified atom stereocenters. The molecule has 0 aliphatic rings. The van der Waals surface area contributed by atoms with Gasteiger partial charge in [-0.25, -0.2) is 4.39 Å². The van der Waals surface area contributed by atoms with Crippen molar-refractivity contribution in [3.63, 3.8) is 0 Å². The van der Waals surface area contributed by atoms with Crippen LogP contribution in [0.15, 0.2) is 18.2 Å². The molecule has 1 aromatic rings. The lowest BCUT2D eigenvalue weighted by atomic mass is 9.95. The maximum Gasteiger partial charge on any atom is 0.189 e. The maximum absolute atomic E-state index is 13.5. The summed E-state index contributed by atoms with van der Waals surface area (Å²) in [4.78, 5) is 0. The first-order valence-corrected chi connectivity index (χ1v) is 5.09. The Bertz CT molecular complexity index is 375. The molecular formula is C12H17FO4. The molecule has 1 N–H and O–H groups in total. The normalized spacial score (nSPS) is 14.8. The fourth-order valence-corrected chi connectivity index (χ4v) is 1.67. The molecule has 0 bridgehead atoms. The third-order valence-corrected chi connectivity index (χ3v) is 2.62. The first kappa shape index (κ1) is 13.9. The molecular weight excluding hydrogens is 227 g/mol. The number of rotatable bonds is 5. The topological polar surface area (TPSA) is 47.9 Å². The first-order chi connectivity index (χ1) is 7.97. The zero-order valence-electron chi connectivity index (χ0n) is 10.4. The SMILES string of the molecule is COc1ccc(C(C)(O)C(OC)OC)cc1F. The van der Waals surface area contributed by atoms with Crippen molar-refractivity contribution in [3.8, 4) is 5.75 Å². The summed E-state index contributed by atoms with van der Waals surface area (Å²) in [5.41, 5.74) is -1.10. The predicted molar refractivity (Wildman–Crippen MR) is 60.3 cm³/mol. The molecule has 0 fully saturated rings. The number of hydrogen-bond donors (Lipinski definition) is 1. The third kappa shape index (κ3) is 2.74. The van der Waals surface area contributed by atoms with Gasteiger partial charge in [0.15, 0.2) is 17.9 Å². The Labute approximate surface area is 99.9 Å². The minimum Gasteiger partial charge on any atom is -0.494 e. The van der Waals surface area contributed by atoms with E-state index in [2.05, 4.69) is 0 Å². The highest BCUT2D eigenvalue weighted by Gasteiger charge is 2.34. The number of ether oxygens (including phenoxy) is 3. The van der Waals surface area contributed by atoms with E-state index in [0.717, 1.165) is 0 Å². The average Bonchev–Trinajstić information content (AvgIpc) is 2.30. The van der Waals surface area contributed by atoms with Gasteiger partial charge >= 0.3 is 0 Å². The highest BCUT2D eigenvalue weighted by Crippen LogP contribution is 2.29. The summed E-state index contributed by atoms with van der Waals surface area (Å²) in [6, 6.07) is 4.21. The molecule has 0 saturated carbocycles. The van der Waals surface area contributed by atoms with Crippen molar-refractivity contribution >= 4 is 0 Å². The lowest BCUT2D eigenvalue weighted by molar-refractivity contribution is -0.213. The summed E-state index contributed by atoms with van der Waals surface area (Å²) in [6.07, 6.45) is -0.879. The van der Waals surface area contributed by atoms with Crippen molar-refractivity contribution < 1.29 is 23.7 Å². The first-order valence-electron chi connectivity index (χ1n) is 5.09. The molecule has 1 atom stereocenters. The van der Waals surface area contributed by atoms with E-state index in [1.807, 2.05) is 0 Å². The number of methoxy groups -OCH3 is 3. The summed E-state index contributed by atoms with van der Waals surface area (Å²) in [7, 11) is 4.19. The van der Waals surface area contributed by atoms with E-state index in [1.165, 1.54) is 40.4 Å². The van der Waals surface area contributed by atoms with Gasteiger partial charge in [-0.05, 0) is 24.6 Å². The van der Waals surface area contributed by atoms with E-state index in [-0.39, 0.29) is 5.75 Å². The highest BCUT2D eigenvalue weighted by molar-refractivity contribution is 5.32. The van der Waals surface area contributed by atoms with E-state index in [4.69, 9.17) is 14.2 Å². The quantitative estimate of drug-likeness (QED) is 0.800. The molecule has 0 spiro atoms. The summed E-state index contributed by atoms with van der Waals surface area (Å²) < 4.78 is 28.3. The third-order valence-electron chi connectivity index (χ3n) is 2.62. The molecule has 5 heteroatoms. The Hall–Kier alpha value is -1.17. The molecule has 96 valence electrons. The van der Waals surface area contributed by atoms with Crippen molar-refractivity contribution in [2.24, 2.45) is 0 Å². The monoisotopic (exact) mass is 244 g/mol. The largest absolute Gasteiger partial charge is 0.494 e. The van der Waals surface area contributed by atoms with Gasteiger partial charge in [0, 0.05) is 14.2 Å². The molecule has 0 amide bonds. The van der Waals surface area contributed by atoms with Gasteiger partial charge < -0.3 is 19.3 Å². The molecule has 0 aromatic heterocycles. The second-order valence-electron chi connectivity index (χ2n) is 3.80. The average molecular weight is 244 g/mol. The van der Waals surface area contributed by atoms with Crippen molar-refractivity contribution in [3.05, 3.63) is 29.6 Å². The van der Waals surface area contributed by atoms with Gasteiger partial charge in [0.1, 0.15) is 5.60 Å². The Morgan fingerprint density at radius 1 is 1.24 bits per heavy atom. The molecule has 4 nitrogen and oxygen atoms in total. The standard InChI is InChI=1S/C12H17FO4/c1-12(14,11(16-3)17-4)8-5-6-10(15-2)9(13)7-8/h5-7,11,14H,1-4H3. The van der Waals surface area contributed by atoms with E-state index in [0.29, 0.717) is 5.56 Å². The predicted octanol–water partition coefficient (Wildman–Crippen LogP) is 1.66. The van der Waals surface area contributed by atoms with E-state index in [9.17, 15) is 9.50 Å². The minimum atomic E-state index is -1.45. The molecule has 1 aromatic carbocycles. The summed E-state index contributed by atoms with van der Waals surface area (Å²) in [5.74, 6) is -0.424. The second-order valence-corrected chi connectivity index (χ2v) is 3.80. The van der Waals surface area contributed by atoms with E-state index >= 15 is 0 Å². The van der Waals surface area contributed by atoms with E-state index < -0.39 is 17.7 Å². The molecule has 0 radical (unpaired) electrons. The Morgan fingerprint density at radius 2 is 1.82 bits per heavy atom. The van der Waals surface area contributed by atoms with E-state index in [1.54, 1.807) is 6.07 Å². The maximum atomic E-state index is 13.5. The fraction of sp³-hybridized carbons (Fsp3) is 0.500. The Kier molecular flexibility index (Phi) is 4.45. The van der Waals surface area contributed by atoms with Gasteiger partial charge in [0.25, 0.3) is 0 Å². The smallest absolute Gasteiger partial charge is 0.189 e. The number of hydrogen-bond acceptors (Lipinski definition) is 4. The van der Waals surface area contributed by atoms with Gasteiger partial charge in [-0.2, -0.15) is 0 Å². The van der Waals surface area contributed by atoms with Gasteiger partial charge in [-0.15, -0.1) is 0 Å². The summed E-state index contributed by atoms with van der Waals surface area (Å²) in [6.45, 7) is 1.49. The van der Waals surface area contributed by atoms with Crippen molar-refractivity contribution in [2.75, 3.05) is 21.3 Å². The molecule has 0 aliphatic carbocycles. The lowest BCUT2D eigenvalue weighted by Gasteiger charge is -2.31. The zero-order valence-corrected chi connectivity index (χ0v) is 10.4. The van der Waals surface area contributed by atoms with Crippen LogP contribution < -0.4 is 4.74 Å². The van der Waals surface area contributed by atoms with Crippen LogP contribution in [0.3, 0.4) is 0 Å². The molecule has 1 rings (SSSR count). The van der Waals surface area contributed by atoms with Crippen LogP contribution >= 0.6 is 0 Å². The molecule has 0 aliphatic heterocycles. The van der Waals surface area contributed by atoms with Crippen LogP contribution in [0.25, 0.3) is 0 Å². The van der Waals surface area contributed by atoms with Crippen LogP contribution in [-0.2, 0) is 15.1 Å². The van der Waals surface area contributed by atoms with Gasteiger partial charge in [-0.3, -0.25) is 0 Å². The van der Waals surface area contributed by atoms with Crippen LogP contribution in [0.1, 0.15) is 12.5 Å². The van der Waals surface area contributed by atoms with Crippen LogP contribution in [0.4, 0.5) is 4.39 Å². The van der Waals surface area contributed by atoms with Gasteiger partial charge in [0.2, 0.25) is 0 Å². The fourth-order valence-electron chi connectivity index (χ4n) is 1.67. The summed E-state index contributed by atoms with van der Waals surface area (Å²) in [5, 5.41) is 10.3. The van der Waals surface area contributed by atoms with Gasteiger partial charge in [0.05, 0.1) is 7.11 Å². The van der Waals surface area contributed by atoms with Crippen molar-refractivity contribution in [2.45, 2.75) is 18.8 Å². The van der Waals surface area contributed by atoms with Crippen LogP contribution in [0, 0.1) is 5.82 Å². The van der Waals surface area contributed by atoms with Crippen LogP contribution in [0.2, 0.25) is 0 Å². The van der Waals surface area contributed by atoms with Crippen molar-refractivity contribution in [1.29, 1.82) is 0 Å². The number of benzene rings is 1. The minimum absolute atomic E-state index is 0.121. The highest BCUT2D eigenvalue weighted by atomic mass is 19.1. The number of aliphatic hydroxyl groups is 1. The van der Waals surface area contributed by atoms with Crippen LogP contribution in [0.5, 0.6) is 5.75 Å². The molecule has 0 saturated heterocycles. The molecule has 17 heavy (non-hydrogen) atoms. The van der Waals surface area contributed by atoms with Crippen LogP contribution in [-0.4, -0.2) is 32.7 Å². The summed E-state index contributed by atoms with van der Waals surface area (Å²) >= 11 is 0. The zero-order chi connectivity index (χ0) is 13.1. The van der Waals surface area contributed by atoms with Crippen molar-refractivity contribution in [1.82, 2.24) is 0 Å². The molecule has 0 heterocycles. The lowest BCUT2D eigenvalue weighted by Crippen LogP contribution is -2.39. The Morgan fingerprint density at radius 3 is 2.24 bits per heavy atom. The van der Waals surface area contributed by atoms with Gasteiger partial charge in [-0.1, -0.05) is 6.07 Å².